The Hall–Kier alpha value is -0.620. The maximum absolute atomic E-state index is 12.1. The summed E-state index contributed by atoms with van der Waals surface area (Å²) in [5.74, 6) is 0.0510. The van der Waals surface area contributed by atoms with Crippen LogP contribution in [0, 0.1) is 0 Å². The second-order valence-electron chi connectivity index (χ2n) is 4.35. The molecule has 0 fully saturated rings. The fraction of sp³-hybridized carbons (Fsp3) is 0.571. The molecule has 0 saturated heterocycles. The minimum absolute atomic E-state index is 0.00907. The summed E-state index contributed by atoms with van der Waals surface area (Å²) in [4.78, 5) is 0. The van der Waals surface area contributed by atoms with Crippen molar-refractivity contribution in [2.45, 2.75) is 32.3 Å². The molecular formula is C14H21ClO4S. The molecule has 0 aliphatic rings. The van der Waals surface area contributed by atoms with Gasteiger partial charge in [-0.3, -0.25) is 0 Å². The van der Waals surface area contributed by atoms with Crippen LogP contribution in [0.4, 0.5) is 0 Å². The standard InChI is InChI=1S/C14H21ClO4S/c1-3-18-14(19-4-2)9-10-20(16,17)11-12-5-7-13(15)8-6-12/h5-8,14H,3-4,9-11H2,1-2H3. The monoisotopic (exact) mass is 320 g/mol. The third kappa shape index (κ3) is 6.70. The number of hydrogen-bond acceptors (Lipinski definition) is 4. The first-order valence-corrected chi connectivity index (χ1v) is 8.85. The van der Waals surface area contributed by atoms with Crippen LogP contribution in [-0.2, 0) is 25.1 Å². The Morgan fingerprint density at radius 1 is 1.10 bits per heavy atom. The normalized spacial score (nSPS) is 12.0. The van der Waals surface area contributed by atoms with E-state index in [1.165, 1.54) is 0 Å². The average molecular weight is 321 g/mol. The van der Waals surface area contributed by atoms with Crippen molar-refractivity contribution in [1.82, 2.24) is 0 Å². The zero-order valence-corrected chi connectivity index (χ0v) is 13.4. The average Bonchev–Trinajstić information content (AvgIpc) is 2.39. The van der Waals surface area contributed by atoms with Crippen molar-refractivity contribution in [2.75, 3.05) is 19.0 Å². The second-order valence-corrected chi connectivity index (χ2v) is 6.97. The lowest BCUT2D eigenvalue weighted by Crippen LogP contribution is -2.22. The molecular weight excluding hydrogens is 300 g/mol. The zero-order chi connectivity index (χ0) is 15.0. The Kier molecular flexibility index (Phi) is 7.51. The Morgan fingerprint density at radius 2 is 1.65 bits per heavy atom. The maximum atomic E-state index is 12.1. The highest BCUT2D eigenvalue weighted by molar-refractivity contribution is 7.90. The highest BCUT2D eigenvalue weighted by Gasteiger charge is 2.16. The van der Waals surface area contributed by atoms with Crippen LogP contribution in [0.2, 0.25) is 5.02 Å². The van der Waals surface area contributed by atoms with Crippen molar-refractivity contribution in [2.24, 2.45) is 0 Å². The van der Waals surface area contributed by atoms with Gasteiger partial charge in [-0.1, -0.05) is 23.7 Å². The van der Waals surface area contributed by atoms with Crippen LogP contribution >= 0.6 is 11.6 Å². The second kappa shape index (κ2) is 8.62. The number of hydrogen-bond donors (Lipinski definition) is 0. The van der Waals surface area contributed by atoms with E-state index >= 15 is 0 Å². The highest BCUT2D eigenvalue weighted by atomic mass is 35.5. The highest BCUT2D eigenvalue weighted by Crippen LogP contribution is 2.14. The molecule has 0 N–H and O–H groups in total. The van der Waals surface area contributed by atoms with E-state index < -0.39 is 16.1 Å². The van der Waals surface area contributed by atoms with E-state index in [4.69, 9.17) is 21.1 Å². The Morgan fingerprint density at radius 3 is 2.15 bits per heavy atom. The van der Waals surface area contributed by atoms with Crippen LogP contribution < -0.4 is 0 Å². The van der Waals surface area contributed by atoms with E-state index in [1.807, 2.05) is 13.8 Å². The van der Waals surface area contributed by atoms with Crippen LogP contribution in [-0.4, -0.2) is 33.7 Å². The summed E-state index contributed by atoms with van der Waals surface area (Å²) in [5.41, 5.74) is 0.735. The van der Waals surface area contributed by atoms with Gasteiger partial charge in [0.25, 0.3) is 0 Å². The van der Waals surface area contributed by atoms with E-state index in [1.54, 1.807) is 24.3 Å². The predicted molar refractivity (Wildman–Crippen MR) is 80.6 cm³/mol. The summed E-state index contributed by atoms with van der Waals surface area (Å²) < 4.78 is 34.8. The maximum Gasteiger partial charge on any atom is 0.158 e. The summed E-state index contributed by atoms with van der Waals surface area (Å²) in [5, 5.41) is 0.596. The summed E-state index contributed by atoms with van der Waals surface area (Å²) in [7, 11) is -3.18. The van der Waals surface area contributed by atoms with E-state index in [-0.39, 0.29) is 11.5 Å². The van der Waals surface area contributed by atoms with Gasteiger partial charge in [-0.05, 0) is 31.5 Å². The number of rotatable bonds is 9. The first kappa shape index (κ1) is 17.4. The molecule has 0 spiro atoms. The number of halogens is 1. The van der Waals surface area contributed by atoms with Gasteiger partial charge >= 0.3 is 0 Å². The van der Waals surface area contributed by atoms with Crippen LogP contribution in [0.1, 0.15) is 25.8 Å². The van der Waals surface area contributed by atoms with E-state index in [9.17, 15) is 8.42 Å². The Bertz CT molecular complexity index is 478. The van der Waals surface area contributed by atoms with Crippen LogP contribution in [0.15, 0.2) is 24.3 Å². The molecule has 1 rings (SSSR count). The first-order chi connectivity index (χ1) is 9.46. The fourth-order valence-electron chi connectivity index (χ4n) is 1.77. The molecule has 20 heavy (non-hydrogen) atoms. The molecule has 0 aliphatic carbocycles. The van der Waals surface area contributed by atoms with Gasteiger partial charge in [0.1, 0.15) is 0 Å². The zero-order valence-electron chi connectivity index (χ0n) is 11.8. The van der Waals surface area contributed by atoms with Crippen LogP contribution in [0.25, 0.3) is 0 Å². The molecule has 6 heteroatoms. The SMILES string of the molecule is CCOC(CCS(=O)(=O)Cc1ccc(Cl)cc1)OCC. The van der Waals surface area contributed by atoms with Gasteiger partial charge in [-0.2, -0.15) is 0 Å². The molecule has 0 saturated carbocycles. The largest absolute Gasteiger partial charge is 0.353 e. The van der Waals surface area contributed by atoms with Crippen molar-refractivity contribution in [3.8, 4) is 0 Å². The topological polar surface area (TPSA) is 52.6 Å². The molecule has 0 bridgehead atoms. The van der Waals surface area contributed by atoms with Gasteiger partial charge in [-0.15, -0.1) is 0 Å². The number of sulfone groups is 1. The van der Waals surface area contributed by atoms with Gasteiger partial charge in [0.15, 0.2) is 16.1 Å². The van der Waals surface area contributed by atoms with Gasteiger partial charge in [0.05, 0.1) is 11.5 Å². The Balaban J connectivity index is 2.54. The van der Waals surface area contributed by atoms with Crippen molar-refractivity contribution < 1.29 is 17.9 Å². The summed E-state index contributed by atoms with van der Waals surface area (Å²) in [6.07, 6.45) is -0.109. The molecule has 0 aliphatic heterocycles. The molecule has 114 valence electrons. The van der Waals surface area contributed by atoms with Crippen molar-refractivity contribution in [3.05, 3.63) is 34.9 Å². The molecule has 4 nitrogen and oxygen atoms in total. The molecule has 1 aromatic carbocycles. The molecule has 0 aromatic heterocycles. The molecule has 0 unspecified atom stereocenters. The minimum Gasteiger partial charge on any atom is -0.353 e. The quantitative estimate of drug-likeness (QED) is 0.656. The molecule has 0 heterocycles. The van der Waals surface area contributed by atoms with E-state index in [0.717, 1.165) is 5.56 Å². The van der Waals surface area contributed by atoms with Gasteiger partial charge in [0.2, 0.25) is 0 Å². The van der Waals surface area contributed by atoms with Crippen LogP contribution in [0.3, 0.4) is 0 Å². The summed E-state index contributed by atoms with van der Waals surface area (Å²) in [6.45, 7) is 4.71. The number of ether oxygens (including phenoxy) is 2. The first-order valence-electron chi connectivity index (χ1n) is 6.65. The molecule has 0 radical (unpaired) electrons. The van der Waals surface area contributed by atoms with E-state index in [2.05, 4.69) is 0 Å². The van der Waals surface area contributed by atoms with Gasteiger partial charge in [0, 0.05) is 24.7 Å². The minimum atomic E-state index is -3.18. The summed E-state index contributed by atoms with van der Waals surface area (Å²) >= 11 is 5.77. The lowest BCUT2D eigenvalue weighted by Gasteiger charge is -2.16. The Labute approximate surface area is 126 Å². The predicted octanol–water partition coefficient (Wildman–Crippen LogP) is 3.04. The van der Waals surface area contributed by atoms with Crippen molar-refractivity contribution >= 4 is 21.4 Å². The van der Waals surface area contributed by atoms with Gasteiger partial charge in [-0.25, -0.2) is 8.42 Å². The molecule has 1 aromatic rings. The van der Waals surface area contributed by atoms with E-state index in [0.29, 0.717) is 24.7 Å². The molecule has 0 atom stereocenters. The van der Waals surface area contributed by atoms with Crippen molar-refractivity contribution in [1.29, 1.82) is 0 Å². The lowest BCUT2D eigenvalue weighted by atomic mass is 10.2. The smallest absolute Gasteiger partial charge is 0.158 e. The third-order valence-corrected chi connectivity index (χ3v) is 4.55. The fourth-order valence-corrected chi connectivity index (χ4v) is 3.29. The summed E-state index contributed by atoms with van der Waals surface area (Å²) in [6, 6.07) is 6.83. The third-order valence-electron chi connectivity index (χ3n) is 2.67. The van der Waals surface area contributed by atoms with Crippen molar-refractivity contribution in [3.63, 3.8) is 0 Å². The number of benzene rings is 1. The van der Waals surface area contributed by atoms with Gasteiger partial charge < -0.3 is 9.47 Å². The van der Waals surface area contributed by atoms with Crippen LogP contribution in [0.5, 0.6) is 0 Å². The molecule has 0 amide bonds. The lowest BCUT2D eigenvalue weighted by molar-refractivity contribution is -0.136.